The van der Waals surface area contributed by atoms with Crippen LogP contribution in [0, 0.1) is 18.6 Å². The minimum absolute atomic E-state index is 0.0267. The first kappa shape index (κ1) is 23.0. The van der Waals surface area contributed by atoms with E-state index in [0.717, 1.165) is 24.3 Å². The first-order chi connectivity index (χ1) is 15.4. The fourth-order valence-electron chi connectivity index (χ4n) is 4.67. The molecule has 2 aromatic carbocycles. The highest BCUT2D eigenvalue weighted by atomic mass is 19.4. The highest BCUT2D eigenvalue weighted by Crippen LogP contribution is 2.55. The molecule has 4 N–H and O–H groups in total. The number of anilines is 1. The van der Waals surface area contributed by atoms with E-state index in [2.05, 4.69) is 10.3 Å². The average molecular weight is 468 g/mol. The summed E-state index contributed by atoms with van der Waals surface area (Å²) in [5.74, 6) is -3.51. The highest BCUT2D eigenvalue weighted by Gasteiger charge is 2.62. The molecule has 0 saturated carbocycles. The number of rotatable bonds is 3. The summed E-state index contributed by atoms with van der Waals surface area (Å²) in [4.78, 5) is 14.0. The van der Waals surface area contributed by atoms with Crippen LogP contribution < -0.4 is 10.9 Å². The van der Waals surface area contributed by atoms with Gasteiger partial charge in [0, 0.05) is 22.7 Å². The predicted octanol–water partition coefficient (Wildman–Crippen LogP) is 5.16. The van der Waals surface area contributed by atoms with Crippen molar-refractivity contribution in [3.8, 4) is 5.75 Å². The topological polar surface area (TPSA) is 85.4 Å². The first-order valence-corrected chi connectivity index (χ1v) is 10.3. The number of benzene rings is 2. The molecule has 1 heterocycles. The maximum Gasteiger partial charge on any atom is 0.419 e. The molecule has 0 unspecified atom stereocenters. The zero-order valence-electron chi connectivity index (χ0n) is 17.6. The van der Waals surface area contributed by atoms with Crippen LogP contribution in [-0.2, 0) is 0 Å². The highest BCUT2D eigenvalue weighted by molar-refractivity contribution is 5.91. The fraction of sp³-hybridized carbons (Fsp3) is 0.348. The van der Waals surface area contributed by atoms with Crippen molar-refractivity contribution in [3.63, 3.8) is 0 Å². The van der Waals surface area contributed by atoms with Crippen LogP contribution in [0.15, 0.2) is 35.1 Å². The first-order valence-electron chi connectivity index (χ1n) is 10.3. The Labute approximate surface area is 184 Å². The Kier molecular flexibility index (Phi) is 5.39. The average Bonchev–Trinajstić information content (AvgIpc) is 2.72. The molecule has 4 rings (SSSR count). The van der Waals surface area contributed by atoms with E-state index in [0.29, 0.717) is 0 Å². The lowest BCUT2D eigenvalue weighted by Gasteiger charge is -2.46. The summed E-state index contributed by atoms with van der Waals surface area (Å²) >= 11 is 0. The van der Waals surface area contributed by atoms with E-state index in [1.807, 2.05) is 0 Å². The number of phenolic OH excluding ortho intramolecular Hbond substituents is 1. The molecule has 0 radical (unpaired) electrons. The van der Waals surface area contributed by atoms with E-state index in [1.165, 1.54) is 13.0 Å². The number of aryl methyl sites for hydroxylation is 1. The van der Waals surface area contributed by atoms with Crippen LogP contribution in [0.25, 0.3) is 10.9 Å². The van der Waals surface area contributed by atoms with Crippen LogP contribution in [-0.4, -0.2) is 27.0 Å². The summed E-state index contributed by atoms with van der Waals surface area (Å²) in [6, 6.07) is 3.68. The van der Waals surface area contributed by atoms with E-state index in [4.69, 9.17) is 0 Å². The van der Waals surface area contributed by atoms with Crippen LogP contribution in [0.3, 0.4) is 0 Å². The lowest BCUT2D eigenvalue weighted by atomic mass is 9.68. The number of halogens is 5. The van der Waals surface area contributed by atoms with Crippen LogP contribution in [0.1, 0.15) is 48.4 Å². The SMILES string of the molecule is CC[C@H]1C[C@@](O)(C(F)(F)F)[C@@H](Nc2cc(F)cc3[nH]c(=O)ccc23)c2cc(C)c(F)c(O)c21. The number of aromatic hydroxyl groups is 1. The summed E-state index contributed by atoms with van der Waals surface area (Å²) in [7, 11) is 0. The van der Waals surface area contributed by atoms with Crippen molar-refractivity contribution < 1.29 is 32.2 Å². The molecule has 0 aliphatic heterocycles. The van der Waals surface area contributed by atoms with Gasteiger partial charge in [0.25, 0.3) is 0 Å². The largest absolute Gasteiger partial charge is 0.505 e. The number of aromatic nitrogens is 1. The van der Waals surface area contributed by atoms with Gasteiger partial charge in [-0.1, -0.05) is 13.0 Å². The van der Waals surface area contributed by atoms with Crippen molar-refractivity contribution in [3.05, 3.63) is 69.0 Å². The number of phenols is 1. The molecule has 1 aromatic heterocycles. The fourth-order valence-corrected chi connectivity index (χ4v) is 4.67. The standard InChI is InChI=1S/C23H21F5N2O3/c1-3-11-9-22(33,23(26,27)28)21(14-6-10(2)19(25)20(32)18(11)14)30-16-8-12(24)7-15-13(16)4-5-17(31)29-15/h4-8,11,21,30,32-33H,3,9H2,1-2H3,(H,29,31)/t11-,21-,22-/m0/s1. The van der Waals surface area contributed by atoms with Gasteiger partial charge in [0.15, 0.2) is 17.2 Å². The van der Waals surface area contributed by atoms with E-state index >= 15 is 0 Å². The normalized spacial score (nSPS) is 22.9. The molecule has 1 aliphatic rings. The molecule has 33 heavy (non-hydrogen) atoms. The molecule has 5 nitrogen and oxygen atoms in total. The third-order valence-corrected chi connectivity index (χ3v) is 6.33. The van der Waals surface area contributed by atoms with Gasteiger partial charge in [-0.2, -0.15) is 13.2 Å². The van der Waals surface area contributed by atoms with Gasteiger partial charge >= 0.3 is 6.18 Å². The molecule has 0 amide bonds. The molecule has 3 atom stereocenters. The molecular formula is C23H21F5N2O3. The van der Waals surface area contributed by atoms with E-state index in [-0.39, 0.29) is 39.7 Å². The lowest BCUT2D eigenvalue weighted by molar-refractivity contribution is -0.272. The number of pyridine rings is 1. The maximum absolute atomic E-state index is 14.5. The van der Waals surface area contributed by atoms with Gasteiger partial charge in [-0.25, -0.2) is 8.78 Å². The quantitative estimate of drug-likeness (QED) is 0.400. The summed E-state index contributed by atoms with van der Waals surface area (Å²) in [5.41, 5.74) is -4.17. The van der Waals surface area contributed by atoms with E-state index < -0.39 is 53.1 Å². The number of H-pyrrole nitrogens is 1. The molecule has 0 bridgehead atoms. The Morgan fingerprint density at radius 2 is 1.91 bits per heavy atom. The molecule has 10 heteroatoms. The van der Waals surface area contributed by atoms with Gasteiger partial charge in [0.1, 0.15) is 5.82 Å². The Hall–Kier alpha value is -3.14. The zero-order valence-corrected chi connectivity index (χ0v) is 17.6. The Balaban J connectivity index is 1.99. The summed E-state index contributed by atoms with van der Waals surface area (Å²) in [6.45, 7) is 2.86. The Morgan fingerprint density at radius 3 is 2.55 bits per heavy atom. The third kappa shape index (κ3) is 3.62. The van der Waals surface area contributed by atoms with Gasteiger partial charge in [-0.15, -0.1) is 0 Å². The van der Waals surface area contributed by atoms with E-state index in [9.17, 15) is 37.0 Å². The van der Waals surface area contributed by atoms with Crippen molar-refractivity contribution in [2.24, 2.45) is 0 Å². The second kappa shape index (κ2) is 7.72. The number of aromatic amines is 1. The van der Waals surface area contributed by atoms with Gasteiger partial charge in [-0.3, -0.25) is 4.79 Å². The number of hydrogen-bond acceptors (Lipinski definition) is 4. The molecule has 0 spiro atoms. The number of aliphatic hydroxyl groups is 1. The number of alkyl halides is 3. The molecule has 3 aromatic rings. The predicted molar refractivity (Wildman–Crippen MR) is 112 cm³/mol. The van der Waals surface area contributed by atoms with Crippen molar-refractivity contribution in [2.45, 2.75) is 50.4 Å². The van der Waals surface area contributed by atoms with Crippen molar-refractivity contribution in [2.75, 3.05) is 5.32 Å². The summed E-state index contributed by atoms with van der Waals surface area (Å²) < 4.78 is 71.5. The summed E-state index contributed by atoms with van der Waals surface area (Å²) in [5, 5.41) is 24.3. The number of nitrogens with one attached hydrogen (secondary N) is 2. The second-order valence-electron chi connectivity index (χ2n) is 8.40. The van der Waals surface area contributed by atoms with Crippen molar-refractivity contribution in [1.29, 1.82) is 0 Å². The molecule has 0 fully saturated rings. The third-order valence-electron chi connectivity index (χ3n) is 6.33. The van der Waals surface area contributed by atoms with Crippen LogP contribution >= 0.6 is 0 Å². The van der Waals surface area contributed by atoms with Gasteiger partial charge < -0.3 is 20.5 Å². The molecule has 1 aliphatic carbocycles. The van der Waals surface area contributed by atoms with Gasteiger partial charge in [-0.05, 0) is 55.0 Å². The lowest BCUT2D eigenvalue weighted by Crippen LogP contribution is -2.55. The number of hydrogen-bond donors (Lipinski definition) is 4. The molecule has 0 saturated heterocycles. The second-order valence-corrected chi connectivity index (χ2v) is 8.40. The van der Waals surface area contributed by atoms with Crippen LogP contribution in [0.4, 0.5) is 27.6 Å². The van der Waals surface area contributed by atoms with Crippen LogP contribution in [0.5, 0.6) is 5.75 Å². The number of fused-ring (bicyclic) bond motifs is 2. The molecule has 176 valence electrons. The zero-order chi connectivity index (χ0) is 24.3. The monoisotopic (exact) mass is 468 g/mol. The van der Waals surface area contributed by atoms with Gasteiger partial charge in [0.2, 0.25) is 5.56 Å². The molecular weight excluding hydrogens is 447 g/mol. The van der Waals surface area contributed by atoms with Gasteiger partial charge in [0.05, 0.1) is 11.6 Å². The minimum atomic E-state index is -5.11. The minimum Gasteiger partial charge on any atom is -0.505 e. The maximum atomic E-state index is 14.5. The Bertz CT molecular complexity index is 1300. The van der Waals surface area contributed by atoms with Crippen molar-refractivity contribution >= 4 is 16.6 Å². The van der Waals surface area contributed by atoms with E-state index in [1.54, 1.807) is 6.92 Å². The smallest absolute Gasteiger partial charge is 0.419 e. The van der Waals surface area contributed by atoms with Crippen LogP contribution in [0.2, 0.25) is 0 Å². The summed E-state index contributed by atoms with van der Waals surface area (Å²) in [6.07, 6.45) is -5.83. The van der Waals surface area contributed by atoms with Crippen molar-refractivity contribution in [1.82, 2.24) is 4.98 Å². The Morgan fingerprint density at radius 1 is 1.21 bits per heavy atom.